The number of aromatic nitrogens is 4. The molecular formula is C13H16N4O2. The Morgan fingerprint density at radius 3 is 2.79 bits per heavy atom. The van der Waals surface area contributed by atoms with Gasteiger partial charge in [-0.05, 0) is 31.9 Å². The van der Waals surface area contributed by atoms with Crippen molar-refractivity contribution in [2.24, 2.45) is 5.41 Å². The van der Waals surface area contributed by atoms with Crippen molar-refractivity contribution in [3.63, 3.8) is 0 Å². The Balaban J connectivity index is 2.00. The van der Waals surface area contributed by atoms with Crippen LogP contribution in [-0.4, -0.2) is 30.9 Å². The Morgan fingerprint density at radius 1 is 1.37 bits per heavy atom. The molecule has 0 aliphatic heterocycles. The summed E-state index contributed by atoms with van der Waals surface area (Å²) in [5.41, 5.74) is 0.845. The molecule has 6 heteroatoms. The first-order chi connectivity index (χ1) is 9.11. The number of carbonyl (C=O) groups is 1. The van der Waals surface area contributed by atoms with Crippen molar-refractivity contribution in [3.05, 3.63) is 23.7 Å². The van der Waals surface area contributed by atoms with Crippen LogP contribution in [0.15, 0.2) is 12.1 Å². The Morgan fingerprint density at radius 2 is 2.11 bits per heavy atom. The summed E-state index contributed by atoms with van der Waals surface area (Å²) >= 11 is 0. The first kappa shape index (κ1) is 12.1. The summed E-state index contributed by atoms with van der Waals surface area (Å²) in [6.07, 6.45) is 3.76. The lowest BCUT2D eigenvalue weighted by molar-refractivity contribution is -0.148. The van der Waals surface area contributed by atoms with Crippen molar-refractivity contribution in [1.29, 1.82) is 0 Å². The van der Waals surface area contributed by atoms with Gasteiger partial charge in [0.2, 0.25) is 0 Å². The van der Waals surface area contributed by atoms with Gasteiger partial charge in [-0.25, -0.2) is 0 Å². The Kier molecular flexibility index (Phi) is 2.73. The predicted molar refractivity (Wildman–Crippen MR) is 67.8 cm³/mol. The standard InChI is InChI=1S/C13H16N4O2/c1-9-4-5-10-14-15-11(17(10)16-9)8-13(12(18)19)6-2-3-7-13/h4-5H,2-3,6-8H2,1H3,(H,18,19). The summed E-state index contributed by atoms with van der Waals surface area (Å²) in [6.45, 7) is 1.89. The largest absolute Gasteiger partial charge is 0.481 e. The summed E-state index contributed by atoms with van der Waals surface area (Å²) in [4.78, 5) is 11.6. The van der Waals surface area contributed by atoms with Gasteiger partial charge in [0, 0.05) is 6.42 Å². The molecule has 0 saturated heterocycles. The second-order valence-corrected chi connectivity index (χ2v) is 5.33. The topological polar surface area (TPSA) is 80.4 Å². The lowest BCUT2D eigenvalue weighted by Gasteiger charge is -2.22. The first-order valence-corrected chi connectivity index (χ1v) is 6.52. The first-order valence-electron chi connectivity index (χ1n) is 6.52. The van der Waals surface area contributed by atoms with Crippen LogP contribution >= 0.6 is 0 Å². The molecule has 0 amide bonds. The van der Waals surface area contributed by atoms with Crippen molar-refractivity contribution in [1.82, 2.24) is 19.8 Å². The molecule has 100 valence electrons. The lowest BCUT2D eigenvalue weighted by atomic mass is 9.82. The summed E-state index contributed by atoms with van der Waals surface area (Å²) in [5, 5.41) is 22.0. The van der Waals surface area contributed by atoms with Gasteiger partial charge in [0.05, 0.1) is 11.1 Å². The van der Waals surface area contributed by atoms with E-state index in [2.05, 4.69) is 15.3 Å². The monoisotopic (exact) mass is 260 g/mol. The lowest BCUT2D eigenvalue weighted by Crippen LogP contribution is -2.31. The third-order valence-corrected chi connectivity index (χ3v) is 3.97. The Bertz CT molecular complexity index is 629. The van der Waals surface area contributed by atoms with Crippen LogP contribution in [0.5, 0.6) is 0 Å². The number of hydrogen-bond acceptors (Lipinski definition) is 4. The van der Waals surface area contributed by atoms with Gasteiger partial charge >= 0.3 is 5.97 Å². The molecule has 6 nitrogen and oxygen atoms in total. The average Bonchev–Trinajstić information content (AvgIpc) is 2.98. The van der Waals surface area contributed by atoms with Crippen molar-refractivity contribution < 1.29 is 9.90 Å². The van der Waals surface area contributed by atoms with E-state index < -0.39 is 11.4 Å². The van der Waals surface area contributed by atoms with E-state index in [1.165, 1.54) is 0 Å². The van der Waals surface area contributed by atoms with Gasteiger partial charge in [0.15, 0.2) is 11.5 Å². The molecule has 3 rings (SSSR count). The van der Waals surface area contributed by atoms with Crippen LogP contribution < -0.4 is 0 Å². The molecule has 19 heavy (non-hydrogen) atoms. The minimum Gasteiger partial charge on any atom is -0.481 e. The number of rotatable bonds is 3. The number of nitrogens with zero attached hydrogens (tertiary/aromatic N) is 4. The van der Waals surface area contributed by atoms with E-state index in [1.807, 2.05) is 19.1 Å². The fraction of sp³-hybridized carbons (Fsp3) is 0.538. The maximum Gasteiger partial charge on any atom is 0.310 e. The maximum atomic E-state index is 11.6. The molecule has 0 atom stereocenters. The number of hydrogen-bond donors (Lipinski definition) is 1. The van der Waals surface area contributed by atoms with Crippen molar-refractivity contribution >= 4 is 11.6 Å². The highest BCUT2D eigenvalue weighted by atomic mass is 16.4. The molecule has 1 N–H and O–H groups in total. The highest BCUT2D eigenvalue weighted by Crippen LogP contribution is 2.40. The minimum atomic E-state index is -0.727. The maximum absolute atomic E-state index is 11.6. The summed E-state index contributed by atoms with van der Waals surface area (Å²) in [5.74, 6) is -0.0857. The van der Waals surface area contributed by atoms with Crippen LogP contribution in [0.1, 0.15) is 37.2 Å². The molecule has 0 aromatic carbocycles. The molecule has 2 heterocycles. The molecule has 0 bridgehead atoms. The summed E-state index contributed by atoms with van der Waals surface area (Å²) < 4.78 is 1.67. The quantitative estimate of drug-likeness (QED) is 0.907. The van der Waals surface area contributed by atoms with Crippen molar-refractivity contribution in [3.8, 4) is 0 Å². The van der Waals surface area contributed by atoms with E-state index in [0.29, 0.717) is 30.7 Å². The second-order valence-electron chi connectivity index (χ2n) is 5.33. The number of fused-ring (bicyclic) bond motifs is 1. The smallest absolute Gasteiger partial charge is 0.310 e. The number of carboxylic acid groups (broad SMARTS) is 1. The molecule has 1 saturated carbocycles. The van der Waals surface area contributed by atoms with Gasteiger partial charge in [-0.15, -0.1) is 10.2 Å². The number of aliphatic carboxylic acids is 1. The van der Waals surface area contributed by atoms with Gasteiger partial charge in [-0.2, -0.15) is 9.61 Å². The predicted octanol–water partition coefficient (Wildman–Crippen LogP) is 1.62. The molecule has 0 spiro atoms. The van der Waals surface area contributed by atoms with Gasteiger partial charge in [0.25, 0.3) is 0 Å². The van der Waals surface area contributed by atoms with E-state index in [1.54, 1.807) is 4.52 Å². The Hall–Kier alpha value is -1.98. The molecule has 1 aliphatic carbocycles. The number of carboxylic acids is 1. The molecule has 2 aromatic heterocycles. The minimum absolute atomic E-state index is 0.403. The molecule has 1 fully saturated rings. The van der Waals surface area contributed by atoms with Crippen LogP contribution in [-0.2, 0) is 11.2 Å². The highest BCUT2D eigenvalue weighted by molar-refractivity contribution is 5.75. The SMILES string of the molecule is Cc1ccc2nnc(CC3(C(=O)O)CCCC3)n2n1. The van der Waals surface area contributed by atoms with Crippen LogP contribution in [0.2, 0.25) is 0 Å². The third kappa shape index (κ3) is 1.97. The zero-order chi connectivity index (χ0) is 13.5. The average molecular weight is 260 g/mol. The molecule has 0 radical (unpaired) electrons. The van der Waals surface area contributed by atoms with Crippen LogP contribution in [0.3, 0.4) is 0 Å². The van der Waals surface area contributed by atoms with Gasteiger partial charge in [-0.1, -0.05) is 12.8 Å². The summed E-state index contributed by atoms with van der Waals surface area (Å²) in [7, 11) is 0. The third-order valence-electron chi connectivity index (χ3n) is 3.97. The van der Waals surface area contributed by atoms with E-state index >= 15 is 0 Å². The van der Waals surface area contributed by atoms with Crippen molar-refractivity contribution in [2.75, 3.05) is 0 Å². The zero-order valence-electron chi connectivity index (χ0n) is 10.8. The molecular weight excluding hydrogens is 244 g/mol. The molecule has 0 unspecified atom stereocenters. The summed E-state index contributed by atoms with van der Waals surface area (Å²) in [6, 6.07) is 3.72. The van der Waals surface area contributed by atoms with Crippen LogP contribution in [0.25, 0.3) is 5.65 Å². The second kappa shape index (κ2) is 4.29. The van der Waals surface area contributed by atoms with Crippen LogP contribution in [0.4, 0.5) is 0 Å². The van der Waals surface area contributed by atoms with Gasteiger partial charge in [-0.3, -0.25) is 4.79 Å². The van der Waals surface area contributed by atoms with E-state index in [9.17, 15) is 9.90 Å². The van der Waals surface area contributed by atoms with Gasteiger partial charge < -0.3 is 5.11 Å². The van der Waals surface area contributed by atoms with E-state index in [4.69, 9.17) is 0 Å². The van der Waals surface area contributed by atoms with Crippen molar-refractivity contribution in [2.45, 2.75) is 39.0 Å². The zero-order valence-corrected chi connectivity index (χ0v) is 10.8. The van der Waals surface area contributed by atoms with E-state index in [0.717, 1.165) is 18.5 Å². The fourth-order valence-corrected chi connectivity index (χ4v) is 2.86. The van der Waals surface area contributed by atoms with Gasteiger partial charge in [0.1, 0.15) is 0 Å². The normalized spacial score (nSPS) is 17.9. The van der Waals surface area contributed by atoms with Crippen LogP contribution in [0, 0.1) is 12.3 Å². The Labute approximate surface area is 110 Å². The molecule has 2 aromatic rings. The fourth-order valence-electron chi connectivity index (χ4n) is 2.86. The number of aryl methyl sites for hydroxylation is 1. The molecule has 1 aliphatic rings. The highest BCUT2D eigenvalue weighted by Gasteiger charge is 2.42. The van der Waals surface area contributed by atoms with E-state index in [-0.39, 0.29) is 0 Å².